The summed E-state index contributed by atoms with van der Waals surface area (Å²) in [6.07, 6.45) is 0. The van der Waals surface area contributed by atoms with Gasteiger partial charge in [-0.1, -0.05) is 374 Å². The minimum atomic E-state index is -0.315. The van der Waals surface area contributed by atoms with E-state index in [0.717, 1.165) is 112 Å². The molecule has 0 unspecified atom stereocenters. The van der Waals surface area contributed by atoms with E-state index in [4.69, 9.17) is 0 Å². The smallest absolute Gasteiger partial charge is 0.252 e. The lowest BCUT2D eigenvalue weighted by atomic mass is 9.33. The summed E-state index contributed by atoms with van der Waals surface area (Å²) in [4.78, 5) is 9.90. The van der Waals surface area contributed by atoms with Gasteiger partial charge in [0.15, 0.2) is 0 Å². The van der Waals surface area contributed by atoms with Crippen molar-refractivity contribution in [3.63, 3.8) is 0 Å². The lowest BCUT2D eigenvalue weighted by molar-refractivity contribution is 0.590. The second kappa shape index (κ2) is 26.9. The molecule has 15 aromatic carbocycles. The van der Waals surface area contributed by atoms with Crippen LogP contribution >= 0.6 is 0 Å². The number of H-pyrrole nitrogens is 1. The van der Waals surface area contributed by atoms with Crippen molar-refractivity contribution >= 4 is 79.0 Å². The molecule has 4 heteroatoms. The lowest BCUT2D eigenvalue weighted by Crippen LogP contribution is -2.61. The molecule has 1 aromatic heterocycles. The highest BCUT2D eigenvalue weighted by Gasteiger charge is 2.47. The zero-order valence-corrected chi connectivity index (χ0v) is 65.2. The van der Waals surface area contributed by atoms with Crippen LogP contribution in [0.5, 0.6) is 0 Å². The molecule has 534 valence electrons. The molecule has 0 spiro atoms. The largest absolute Gasteiger partial charge is 0.354 e. The van der Waals surface area contributed by atoms with Crippen LogP contribution in [0.15, 0.2) is 334 Å². The minimum Gasteiger partial charge on any atom is -0.354 e. The first-order chi connectivity index (χ1) is 53.1. The van der Waals surface area contributed by atoms with Gasteiger partial charge in [-0.2, -0.15) is 0 Å². The Labute approximate surface area is 650 Å². The normalized spacial score (nSPS) is 12.9. The Kier molecular flexibility index (Phi) is 17.0. The van der Waals surface area contributed by atoms with Gasteiger partial charge in [0.1, 0.15) is 0 Å². The molecule has 1 N–H and O–H groups in total. The summed E-state index contributed by atoms with van der Waals surface area (Å²) in [5.41, 5.74) is 38.1. The van der Waals surface area contributed by atoms with Gasteiger partial charge in [-0.25, -0.2) is 0 Å². The van der Waals surface area contributed by atoms with E-state index >= 15 is 0 Å². The highest BCUT2D eigenvalue weighted by Crippen LogP contribution is 2.58. The SMILES string of the molecule is CC(C)(C)c1cccc(-c2ccc3c(c2)B2c4cc(-c5cccc(C(C)(C)C)c5)ccc4N(c4c(-c5ccccc5)cc(C(C)(C)C)cc4-c4ccccc4)c4c2c(cc2[nH]c5c(-c6ccccc6-c6ccccc6-c6ccccc6)cccc5c42)N3c2c(-c3ccccc3)cc(C(C)(C)C)cc2-c2ccccc2)c1. The van der Waals surface area contributed by atoms with Gasteiger partial charge < -0.3 is 14.8 Å². The number of rotatable bonds is 11. The van der Waals surface area contributed by atoms with E-state index in [1.54, 1.807) is 0 Å². The van der Waals surface area contributed by atoms with Crippen LogP contribution in [-0.4, -0.2) is 11.7 Å². The van der Waals surface area contributed by atoms with E-state index in [1.807, 2.05) is 0 Å². The molecule has 0 saturated heterocycles. The Bertz CT molecular complexity index is 6050. The van der Waals surface area contributed by atoms with Gasteiger partial charge in [0.2, 0.25) is 0 Å². The number of fused-ring (bicyclic) bond motifs is 8. The van der Waals surface area contributed by atoms with Crippen LogP contribution in [-0.2, 0) is 21.7 Å². The quantitative estimate of drug-likeness (QED) is 0.130. The summed E-state index contributed by atoms with van der Waals surface area (Å²) in [6.45, 7) is 27.8. The van der Waals surface area contributed by atoms with Crippen LogP contribution in [0.2, 0.25) is 0 Å². The molecule has 3 nitrogen and oxygen atoms in total. The molecule has 2 aliphatic rings. The first-order valence-electron chi connectivity index (χ1n) is 39.2. The second-order valence-electron chi connectivity index (χ2n) is 34.5. The number of hydrogen-bond donors (Lipinski definition) is 1. The molecule has 3 heterocycles. The molecule has 0 saturated carbocycles. The van der Waals surface area contributed by atoms with Crippen LogP contribution in [0.25, 0.3) is 122 Å². The molecule has 110 heavy (non-hydrogen) atoms. The molecule has 0 fully saturated rings. The van der Waals surface area contributed by atoms with E-state index in [1.165, 1.54) is 83.1 Å². The Morgan fingerprint density at radius 1 is 0.236 bits per heavy atom. The predicted molar refractivity (Wildman–Crippen MR) is 474 cm³/mol. The van der Waals surface area contributed by atoms with Crippen LogP contribution in [0.4, 0.5) is 34.1 Å². The Balaban J connectivity index is 1.06. The summed E-state index contributed by atoms with van der Waals surface area (Å²) in [7, 11) is 0. The van der Waals surface area contributed by atoms with Crippen molar-refractivity contribution in [3.05, 3.63) is 356 Å². The third-order valence-corrected chi connectivity index (χ3v) is 23.2. The second-order valence-corrected chi connectivity index (χ2v) is 34.5. The standard InChI is InChI=1S/C106H92BN3/c1-103(2,3)77-47-32-45-73(59-77)75-55-57-94-91(61-75)107-92-62-76(74-46-33-48-78(60-74)104(4,5)6)56-58-95(92)110(101-89(71-41-24-16-25-42-71)65-80(106(10,11)12)66-90(101)72-43-26-17-27-44-72)102-97-86-54-34-53-85(84-52-31-30-51-83(84)82-50-29-28-49-81(82)68-35-18-13-19-36-68)99(86)108-93(97)67-96(98(102)107)109(94)100-87(69-37-20-14-21-38-69)63-79(105(7,8)9)64-88(100)70-39-22-15-23-40-70/h13-67,108H,1-12H3. The maximum atomic E-state index is 4.41. The number of para-hydroxylation sites is 1. The Morgan fingerprint density at radius 3 is 0.982 bits per heavy atom. The van der Waals surface area contributed by atoms with Gasteiger partial charge in [-0.05, 0) is 175 Å². The van der Waals surface area contributed by atoms with Gasteiger partial charge in [0.25, 0.3) is 6.71 Å². The van der Waals surface area contributed by atoms with Gasteiger partial charge in [-0.3, -0.25) is 0 Å². The lowest BCUT2D eigenvalue weighted by Gasteiger charge is -2.46. The summed E-state index contributed by atoms with van der Waals surface area (Å²) >= 11 is 0. The number of aromatic amines is 1. The van der Waals surface area contributed by atoms with Crippen molar-refractivity contribution in [1.82, 2.24) is 4.98 Å². The van der Waals surface area contributed by atoms with Crippen molar-refractivity contribution in [1.29, 1.82) is 0 Å². The van der Waals surface area contributed by atoms with Crippen molar-refractivity contribution in [2.45, 2.75) is 105 Å². The average molecular weight is 1420 g/mol. The van der Waals surface area contributed by atoms with E-state index in [0.29, 0.717) is 0 Å². The van der Waals surface area contributed by atoms with Crippen LogP contribution < -0.4 is 26.2 Å². The molecule has 0 aliphatic carbocycles. The molecular formula is C106H92BN3. The zero-order chi connectivity index (χ0) is 75.5. The molecule has 0 atom stereocenters. The zero-order valence-electron chi connectivity index (χ0n) is 65.2. The highest BCUT2D eigenvalue weighted by molar-refractivity contribution is 7.00. The van der Waals surface area contributed by atoms with Gasteiger partial charge in [-0.15, -0.1) is 0 Å². The maximum Gasteiger partial charge on any atom is 0.252 e. The summed E-state index contributed by atoms with van der Waals surface area (Å²) in [5, 5.41) is 2.30. The van der Waals surface area contributed by atoms with E-state index in [-0.39, 0.29) is 28.4 Å². The number of anilines is 6. The fraction of sp³-hybridized carbons (Fsp3) is 0.151. The fourth-order valence-corrected chi connectivity index (χ4v) is 17.4. The summed E-state index contributed by atoms with van der Waals surface area (Å²) < 4.78 is 0. The number of hydrogen-bond acceptors (Lipinski definition) is 2. The first-order valence-corrected chi connectivity index (χ1v) is 39.2. The fourth-order valence-electron chi connectivity index (χ4n) is 17.4. The van der Waals surface area contributed by atoms with Gasteiger partial charge in [0, 0.05) is 55.7 Å². The molecule has 0 amide bonds. The predicted octanol–water partition coefficient (Wildman–Crippen LogP) is 27.6. The van der Waals surface area contributed by atoms with Crippen molar-refractivity contribution in [2.24, 2.45) is 0 Å². The number of nitrogens with zero attached hydrogens (tertiary/aromatic N) is 2. The maximum absolute atomic E-state index is 4.41. The molecular weight excluding hydrogens is 1330 g/mol. The highest BCUT2D eigenvalue weighted by atomic mass is 15.2. The molecule has 16 aromatic rings. The van der Waals surface area contributed by atoms with Crippen LogP contribution in [0, 0.1) is 0 Å². The van der Waals surface area contributed by atoms with E-state index < -0.39 is 0 Å². The Hall–Kier alpha value is -12.2. The van der Waals surface area contributed by atoms with Crippen LogP contribution in [0.1, 0.15) is 105 Å². The number of nitrogens with one attached hydrogen (secondary N) is 1. The van der Waals surface area contributed by atoms with Crippen molar-refractivity contribution in [2.75, 3.05) is 9.80 Å². The minimum absolute atomic E-state index is 0.0796. The molecule has 0 radical (unpaired) electrons. The van der Waals surface area contributed by atoms with Crippen molar-refractivity contribution < 1.29 is 0 Å². The van der Waals surface area contributed by atoms with Crippen molar-refractivity contribution in [3.8, 4) is 100 Å². The summed E-state index contributed by atoms with van der Waals surface area (Å²) in [5.74, 6) is 0. The Morgan fingerprint density at radius 2 is 0.564 bits per heavy atom. The van der Waals surface area contributed by atoms with Crippen LogP contribution in [0.3, 0.4) is 0 Å². The molecule has 0 bridgehead atoms. The van der Waals surface area contributed by atoms with Gasteiger partial charge in [0.05, 0.1) is 28.1 Å². The third kappa shape index (κ3) is 12.2. The third-order valence-electron chi connectivity index (χ3n) is 23.2. The first kappa shape index (κ1) is 69.5. The van der Waals surface area contributed by atoms with E-state index in [9.17, 15) is 0 Å². The number of aromatic nitrogens is 1. The topological polar surface area (TPSA) is 22.3 Å². The number of benzene rings is 15. The van der Waals surface area contributed by atoms with E-state index in [2.05, 4.69) is 432 Å². The molecule has 2 aliphatic heterocycles. The monoisotopic (exact) mass is 1420 g/mol. The van der Waals surface area contributed by atoms with Gasteiger partial charge >= 0.3 is 0 Å². The summed E-state index contributed by atoms with van der Waals surface area (Å²) in [6, 6.07) is 127. The average Bonchev–Trinajstić information content (AvgIpc) is 1.13. The molecule has 18 rings (SSSR count).